The lowest BCUT2D eigenvalue weighted by molar-refractivity contribution is -0.175. The lowest BCUT2D eigenvalue weighted by Crippen LogP contribution is -2.61. The summed E-state index contributed by atoms with van der Waals surface area (Å²) in [6.45, 7) is 13.0. The van der Waals surface area contributed by atoms with Crippen molar-refractivity contribution in [3.05, 3.63) is 47.6 Å². The number of aliphatic hydroxyl groups is 3. The van der Waals surface area contributed by atoms with Gasteiger partial charge in [0.2, 0.25) is 5.60 Å². The molecule has 0 spiro atoms. The van der Waals surface area contributed by atoms with Crippen LogP contribution in [0.5, 0.6) is 0 Å². The molecule has 0 aromatic carbocycles. The standard InChI is InChI=1S/C52H81NO12/c1-31-16-12-11-13-17-32(2)43(62-8)28-39-20-19-33(3)49(58)52(61,30-39)51(60)53-23-15-14-18-40(53)50(59)65-44(35(5)26-38-21-22-41(54)45(27-38)63-9)29-42(55)34(4)25-37(7)47(57)48(64-10)46(56)36(6)24-31/h11-13,16-17,25,31,33-36,38-41,43-45,47-48,54,57,61H,14-15,18-24,26-30H2,1-10H3/b13-11+,16-12+,32-17+,37-25+/t31-,33-,34-,35-,36-,38+,39+,40+,41-,43+,44+,45-,47-,48+,52?/m1/s1. The summed E-state index contributed by atoms with van der Waals surface area (Å²) in [4.78, 5) is 72.5. The topological polar surface area (TPSA) is 186 Å². The predicted molar refractivity (Wildman–Crippen MR) is 248 cm³/mol. The summed E-state index contributed by atoms with van der Waals surface area (Å²) in [6.07, 6.45) is 12.5. The molecule has 2 heterocycles. The minimum absolute atomic E-state index is 0.0312. The first-order valence-electron chi connectivity index (χ1n) is 24.2. The number of fused-ring (bicyclic) bond motifs is 3. The summed E-state index contributed by atoms with van der Waals surface area (Å²) in [5, 5.41) is 34.3. The Morgan fingerprint density at radius 3 is 2.23 bits per heavy atom. The fourth-order valence-electron chi connectivity index (χ4n) is 10.7. The van der Waals surface area contributed by atoms with E-state index in [9.17, 15) is 39.3 Å². The van der Waals surface area contributed by atoms with Gasteiger partial charge in [-0.2, -0.15) is 0 Å². The van der Waals surface area contributed by atoms with Gasteiger partial charge in [-0.05, 0) is 126 Å². The number of carbonyl (C=O) groups is 5. The molecule has 2 aliphatic heterocycles. The highest BCUT2D eigenvalue weighted by Gasteiger charge is 2.53. The van der Waals surface area contributed by atoms with E-state index in [2.05, 4.69) is 0 Å². The van der Waals surface area contributed by atoms with Crippen LogP contribution in [0.15, 0.2) is 47.6 Å². The summed E-state index contributed by atoms with van der Waals surface area (Å²) in [7, 11) is 4.58. The number of hydrogen-bond donors (Lipinski definition) is 3. The molecule has 1 amide bonds. The molecule has 13 nitrogen and oxygen atoms in total. The van der Waals surface area contributed by atoms with Crippen LogP contribution in [0.25, 0.3) is 0 Å². The number of cyclic esters (lactones) is 1. The molecule has 4 rings (SSSR count). The molecular formula is C52H81NO12. The highest BCUT2D eigenvalue weighted by atomic mass is 16.5. The maximum Gasteiger partial charge on any atom is 0.329 e. The van der Waals surface area contributed by atoms with Crippen molar-refractivity contribution in [1.29, 1.82) is 0 Å². The number of carbonyl (C=O) groups excluding carboxylic acids is 5. The summed E-state index contributed by atoms with van der Waals surface area (Å²) in [5.74, 6) is -4.66. The Balaban J connectivity index is 1.74. The fourth-order valence-corrected chi connectivity index (χ4v) is 10.7. The van der Waals surface area contributed by atoms with Gasteiger partial charge in [0.1, 0.15) is 30.1 Å². The monoisotopic (exact) mass is 912 g/mol. The van der Waals surface area contributed by atoms with Crippen LogP contribution in [0.4, 0.5) is 0 Å². The van der Waals surface area contributed by atoms with Gasteiger partial charge in [0.05, 0.1) is 18.3 Å². The predicted octanol–water partition coefficient (Wildman–Crippen LogP) is 6.84. The van der Waals surface area contributed by atoms with Gasteiger partial charge in [-0.3, -0.25) is 19.2 Å². The molecule has 2 saturated carbocycles. The van der Waals surface area contributed by atoms with Gasteiger partial charge >= 0.3 is 5.97 Å². The number of esters is 1. The molecule has 3 N–H and O–H groups in total. The molecule has 1 saturated heterocycles. The third-order valence-corrected chi connectivity index (χ3v) is 14.9. The second kappa shape index (κ2) is 25.2. The van der Waals surface area contributed by atoms with Crippen molar-refractivity contribution in [3.8, 4) is 0 Å². The number of Topliss-reactive ketones (excluding diaryl/α,β-unsaturated/α-hetero) is 3. The normalized spacial score (nSPS) is 40.4. The summed E-state index contributed by atoms with van der Waals surface area (Å²) < 4.78 is 23.4. The zero-order chi connectivity index (χ0) is 48.2. The first-order valence-corrected chi connectivity index (χ1v) is 24.2. The first kappa shape index (κ1) is 54.3. The number of allylic oxidation sites excluding steroid dienone is 6. The van der Waals surface area contributed by atoms with E-state index < -0.39 is 71.5 Å². The molecule has 0 radical (unpaired) electrons. The van der Waals surface area contributed by atoms with Crippen LogP contribution in [-0.4, -0.2) is 126 Å². The Kier molecular flexibility index (Phi) is 21.0. The number of ketones is 3. The Morgan fingerprint density at radius 2 is 1.55 bits per heavy atom. The molecule has 4 aliphatic rings. The number of rotatable bonds is 6. The average Bonchev–Trinajstić information content (AvgIpc) is 3.39. The molecule has 366 valence electrons. The molecule has 3 fully saturated rings. The van der Waals surface area contributed by atoms with E-state index in [4.69, 9.17) is 18.9 Å². The molecule has 13 heteroatoms. The van der Waals surface area contributed by atoms with Crippen LogP contribution >= 0.6 is 0 Å². The molecule has 0 aromatic heterocycles. The minimum Gasteiger partial charge on any atom is -0.460 e. The van der Waals surface area contributed by atoms with Gasteiger partial charge < -0.3 is 39.2 Å². The van der Waals surface area contributed by atoms with Crippen molar-refractivity contribution >= 4 is 29.2 Å². The number of amides is 1. The van der Waals surface area contributed by atoms with Gasteiger partial charge in [-0.25, -0.2) is 4.79 Å². The van der Waals surface area contributed by atoms with Crippen molar-refractivity contribution < 1.29 is 58.2 Å². The van der Waals surface area contributed by atoms with Crippen LogP contribution in [0.2, 0.25) is 0 Å². The van der Waals surface area contributed by atoms with Crippen LogP contribution in [0, 0.1) is 41.4 Å². The summed E-state index contributed by atoms with van der Waals surface area (Å²) in [5.41, 5.74) is -1.02. The third-order valence-electron chi connectivity index (χ3n) is 14.9. The van der Waals surface area contributed by atoms with Crippen molar-refractivity contribution in [2.45, 2.75) is 180 Å². The molecule has 15 atom stereocenters. The van der Waals surface area contributed by atoms with Gasteiger partial charge in [-0.15, -0.1) is 0 Å². The number of hydrogen-bond acceptors (Lipinski definition) is 12. The smallest absolute Gasteiger partial charge is 0.329 e. The van der Waals surface area contributed by atoms with E-state index in [0.29, 0.717) is 63.4 Å². The van der Waals surface area contributed by atoms with E-state index in [-0.39, 0.29) is 73.3 Å². The molecule has 1 unspecified atom stereocenters. The maximum absolute atomic E-state index is 14.8. The Morgan fingerprint density at radius 1 is 0.831 bits per heavy atom. The average molecular weight is 912 g/mol. The van der Waals surface area contributed by atoms with Crippen LogP contribution in [0.3, 0.4) is 0 Å². The van der Waals surface area contributed by atoms with Gasteiger partial charge in [-0.1, -0.05) is 71.1 Å². The lowest BCUT2D eigenvalue weighted by Gasteiger charge is -2.40. The van der Waals surface area contributed by atoms with Crippen molar-refractivity contribution in [2.24, 2.45) is 41.4 Å². The number of ether oxygens (including phenoxy) is 4. The number of aliphatic hydroxyl groups excluding tert-OH is 2. The SMILES string of the molecule is CO[C@H]1C[C@@H]2CC[C@@H](C)C(=O)C(O)(C2)C(=O)N2CCCC[C@H]2C(=O)O[C@H]([C@H](C)C[C@@H]2CC[C@@H](O)[C@H](OC)C2)CC(=O)[C@H](C)/C=C(\C)[C@@H](O)[C@@H](OC)C(=O)[C@H](C)C[C@H](C)/C=C/C=C/C=C/1C. The lowest BCUT2D eigenvalue weighted by atomic mass is 9.78. The molecule has 0 aromatic rings. The van der Waals surface area contributed by atoms with Crippen molar-refractivity contribution in [3.63, 3.8) is 0 Å². The zero-order valence-corrected chi connectivity index (χ0v) is 40.9. The quantitative estimate of drug-likeness (QED) is 0.143. The van der Waals surface area contributed by atoms with Crippen LogP contribution in [-0.2, 0) is 42.9 Å². The highest BCUT2D eigenvalue weighted by molar-refractivity contribution is 6.10. The van der Waals surface area contributed by atoms with Gasteiger partial charge in [0.25, 0.3) is 5.91 Å². The molecular weight excluding hydrogens is 831 g/mol. The fraction of sp³-hybridized carbons (Fsp3) is 0.750. The number of piperidine rings is 1. The second-order valence-corrected chi connectivity index (χ2v) is 20.1. The Hall–Kier alpha value is -3.33. The largest absolute Gasteiger partial charge is 0.460 e. The maximum atomic E-state index is 14.8. The van der Waals surface area contributed by atoms with Gasteiger partial charge in [0, 0.05) is 52.0 Å². The van der Waals surface area contributed by atoms with Gasteiger partial charge in [0.15, 0.2) is 11.6 Å². The summed E-state index contributed by atoms with van der Waals surface area (Å²) >= 11 is 0. The number of methoxy groups -OCH3 is 3. The molecule has 2 bridgehead atoms. The highest BCUT2D eigenvalue weighted by Crippen LogP contribution is 2.39. The Bertz CT molecular complexity index is 1750. The second-order valence-electron chi connectivity index (χ2n) is 20.1. The van der Waals surface area contributed by atoms with Crippen LogP contribution in [0.1, 0.15) is 132 Å². The zero-order valence-electron chi connectivity index (χ0n) is 40.9. The van der Waals surface area contributed by atoms with E-state index in [1.165, 1.54) is 12.0 Å². The van der Waals surface area contributed by atoms with E-state index in [0.717, 1.165) is 12.0 Å². The number of nitrogens with zero attached hydrogens (tertiary/aromatic N) is 1. The van der Waals surface area contributed by atoms with E-state index in [1.807, 2.05) is 58.1 Å². The molecule has 2 aliphatic carbocycles. The van der Waals surface area contributed by atoms with Crippen molar-refractivity contribution in [1.82, 2.24) is 4.90 Å². The van der Waals surface area contributed by atoms with Crippen LogP contribution < -0.4 is 0 Å². The van der Waals surface area contributed by atoms with E-state index >= 15 is 0 Å². The van der Waals surface area contributed by atoms with Crippen molar-refractivity contribution in [2.75, 3.05) is 27.9 Å². The molecule has 65 heavy (non-hydrogen) atoms. The third kappa shape index (κ3) is 14.3. The van der Waals surface area contributed by atoms with E-state index in [1.54, 1.807) is 41.1 Å². The minimum atomic E-state index is -2.35. The Labute approximate surface area is 388 Å². The summed E-state index contributed by atoms with van der Waals surface area (Å²) in [6, 6.07) is -1.08. The first-order chi connectivity index (χ1) is 30.7.